The Bertz CT molecular complexity index is 752. The fourth-order valence-corrected chi connectivity index (χ4v) is 4.95. The number of thiophene rings is 1. The molecule has 0 radical (unpaired) electrons. The number of carbonyl (C=O) groups is 3. The van der Waals surface area contributed by atoms with Gasteiger partial charge in [0.25, 0.3) is 5.91 Å². The third kappa shape index (κ3) is 2.62. The molecule has 4 rings (SSSR count). The molecule has 1 aromatic heterocycles. The molecule has 1 heterocycles. The van der Waals surface area contributed by atoms with Crippen LogP contribution in [0.5, 0.6) is 0 Å². The quantitative estimate of drug-likeness (QED) is 0.791. The highest BCUT2D eigenvalue weighted by Crippen LogP contribution is 2.45. The van der Waals surface area contributed by atoms with Crippen molar-refractivity contribution in [1.82, 2.24) is 0 Å². The van der Waals surface area contributed by atoms with Crippen molar-refractivity contribution in [3.05, 3.63) is 28.2 Å². The largest absolute Gasteiger partial charge is 0.550 e. The van der Waals surface area contributed by atoms with Gasteiger partial charge in [0.1, 0.15) is 5.00 Å². The normalized spacial score (nSPS) is 27.9. The number of rotatable bonds is 4. The predicted molar refractivity (Wildman–Crippen MR) is 88.3 cm³/mol. The number of aliphatic carboxylic acids is 1. The zero-order chi connectivity index (χ0) is 17.6. The van der Waals surface area contributed by atoms with Crippen LogP contribution < -0.4 is 16.2 Å². The summed E-state index contributed by atoms with van der Waals surface area (Å²) in [5, 5.41) is 14.7. The van der Waals surface area contributed by atoms with Gasteiger partial charge in [0.05, 0.1) is 11.5 Å². The second kappa shape index (κ2) is 6.05. The Balaban J connectivity index is 1.90. The Labute approximate surface area is 143 Å². The molecular weight excluding hydrogens is 328 g/mol. The van der Waals surface area contributed by atoms with Crippen molar-refractivity contribution in [2.75, 3.05) is 5.32 Å². The van der Waals surface area contributed by atoms with Crippen LogP contribution in [0, 0.1) is 37.5 Å². The molecule has 0 spiro atoms. The number of hydrogen-bond donors (Lipinski definition) is 2. The molecule has 2 amide bonds. The van der Waals surface area contributed by atoms with E-state index in [1.807, 2.05) is 19.1 Å². The van der Waals surface area contributed by atoms with Crippen molar-refractivity contribution in [3.8, 4) is 0 Å². The minimum Gasteiger partial charge on any atom is -0.550 e. The summed E-state index contributed by atoms with van der Waals surface area (Å²) < 4.78 is 0. The number of carboxylic acid groups (broad SMARTS) is 1. The van der Waals surface area contributed by atoms with Gasteiger partial charge >= 0.3 is 0 Å². The Morgan fingerprint density at radius 1 is 1.17 bits per heavy atom. The van der Waals surface area contributed by atoms with Gasteiger partial charge < -0.3 is 21.0 Å². The second-order valence-corrected chi connectivity index (χ2v) is 7.73. The van der Waals surface area contributed by atoms with E-state index in [4.69, 9.17) is 5.73 Å². The highest BCUT2D eigenvalue weighted by atomic mass is 32.1. The number of carbonyl (C=O) groups excluding carboxylic acids is 3. The molecule has 7 heteroatoms. The number of aryl methyl sites for hydroxylation is 1. The molecule has 128 valence electrons. The van der Waals surface area contributed by atoms with Crippen molar-refractivity contribution in [1.29, 1.82) is 0 Å². The van der Waals surface area contributed by atoms with Crippen LogP contribution in [0.15, 0.2) is 12.2 Å². The number of nitrogens with one attached hydrogen (secondary N) is 1. The average molecular weight is 347 g/mol. The second-order valence-electron chi connectivity index (χ2n) is 6.50. The summed E-state index contributed by atoms with van der Waals surface area (Å²) in [6, 6.07) is 0. The fourth-order valence-electron chi connectivity index (χ4n) is 3.88. The number of anilines is 1. The number of carboxylic acids is 1. The van der Waals surface area contributed by atoms with Crippen LogP contribution in [0.25, 0.3) is 0 Å². The lowest BCUT2D eigenvalue weighted by Gasteiger charge is -2.44. The third-order valence-corrected chi connectivity index (χ3v) is 6.31. The summed E-state index contributed by atoms with van der Waals surface area (Å²) in [6.07, 6.45) is 5.35. The molecule has 6 nitrogen and oxygen atoms in total. The SMILES string of the molecule is Cc1sc(NC(=O)[C@@H]2[C@@H](C(=O)[O-])[C@H]3C=C[C@H]2CC3)c(C(N)=O)c1C. The van der Waals surface area contributed by atoms with E-state index in [1.165, 1.54) is 11.3 Å². The number of fused-ring (bicyclic) bond motifs is 2. The van der Waals surface area contributed by atoms with Crippen LogP contribution in [0.2, 0.25) is 0 Å². The fraction of sp³-hybridized carbons (Fsp3) is 0.471. The molecule has 3 N–H and O–H groups in total. The first-order valence-electron chi connectivity index (χ1n) is 7.91. The van der Waals surface area contributed by atoms with E-state index >= 15 is 0 Å². The van der Waals surface area contributed by atoms with Crippen molar-refractivity contribution in [2.45, 2.75) is 26.7 Å². The molecular formula is C17H19N2O4S-. The summed E-state index contributed by atoms with van der Waals surface area (Å²) in [4.78, 5) is 36.9. The Kier molecular flexibility index (Phi) is 4.21. The van der Waals surface area contributed by atoms with Crippen LogP contribution >= 0.6 is 11.3 Å². The third-order valence-electron chi connectivity index (χ3n) is 5.19. The Hall–Kier alpha value is -2.15. The number of nitrogens with two attached hydrogens (primary N) is 1. The minimum absolute atomic E-state index is 0.114. The maximum Gasteiger partial charge on any atom is 0.251 e. The molecule has 1 aromatic rings. The van der Waals surface area contributed by atoms with Gasteiger partial charge in [-0.25, -0.2) is 0 Å². The lowest BCUT2D eigenvalue weighted by Crippen LogP contribution is -2.51. The van der Waals surface area contributed by atoms with Crippen molar-refractivity contribution in [3.63, 3.8) is 0 Å². The molecule has 0 saturated heterocycles. The Morgan fingerprint density at radius 2 is 1.75 bits per heavy atom. The lowest BCUT2D eigenvalue weighted by molar-refractivity contribution is -0.316. The maximum atomic E-state index is 12.8. The first kappa shape index (κ1) is 16.7. The maximum absolute atomic E-state index is 12.8. The van der Waals surface area contributed by atoms with Gasteiger partial charge in [0.15, 0.2) is 0 Å². The molecule has 4 atom stereocenters. The van der Waals surface area contributed by atoms with Crippen LogP contribution in [-0.2, 0) is 9.59 Å². The van der Waals surface area contributed by atoms with Crippen molar-refractivity contribution < 1.29 is 19.5 Å². The summed E-state index contributed by atoms with van der Waals surface area (Å²) in [7, 11) is 0. The monoisotopic (exact) mass is 347 g/mol. The smallest absolute Gasteiger partial charge is 0.251 e. The van der Waals surface area contributed by atoms with Crippen LogP contribution in [0.3, 0.4) is 0 Å². The first-order valence-corrected chi connectivity index (χ1v) is 8.72. The topological polar surface area (TPSA) is 112 Å². The van der Waals surface area contributed by atoms with E-state index in [-0.39, 0.29) is 17.7 Å². The first-order chi connectivity index (χ1) is 11.3. The van der Waals surface area contributed by atoms with Crippen LogP contribution in [-0.4, -0.2) is 17.8 Å². The van der Waals surface area contributed by atoms with Crippen molar-refractivity contribution >= 4 is 34.1 Å². The zero-order valence-electron chi connectivity index (χ0n) is 13.5. The van der Waals surface area contributed by atoms with Gasteiger partial charge in [-0.1, -0.05) is 12.2 Å². The Morgan fingerprint density at radius 3 is 2.25 bits per heavy atom. The molecule has 0 aromatic carbocycles. The van der Waals surface area contributed by atoms with Gasteiger partial charge in [-0.15, -0.1) is 11.3 Å². The van der Waals surface area contributed by atoms with Gasteiger partial charge in [-0.2, -0.15) is 0 Å². The van der Waals surface area contributed by atoms with E-state index in [2.05, 4.69) is 5.32 Å². The number of hydrogen-bond acceptors (Lipinski definition) is 5. The minimum atomic E-state index is -1.19. The number of amides is 2. The van der Waals surface area contributed by atoms with Crippen LogP contribution in [0.1, 0.15) is 33.6 Å². The van der Waals surface area contributed by atoms with Crippen LogP contribution in [0.4, 0.5) is 5.00 Å². The van der Waals surface area contributed by atoms with E-state index < -0.39 is 23.7 Å². The molecule has 2 bridgehead atoms. The predicted octanol–water partition coefficient (Wildman–Crippen LogP) is 0.981. The standard InChI is InChI=1S/C17H20N2O4S/c1-7-8(2)24-16(11(7)14(18)20)19-15(21)12-9-3-5-10(6-4-9)13(12)17(22)23/h3,5,9-10,12-13H,4,6H2,1-2H3,(H2,18,20)(H,19,21)(H,22,23)/p-1/t9-,10-,12-,13-/m0/s1. The molecule has 1 saturated carbocycles. The zero-order valence-corrected chi connectivity index (χ0v) is 14.3. The van der Waals surface area contributed by atoms with E-state index in [1.54, 1.807) is 6.92 Å². The van der Waals surface area contributed by atoms with Gasteiger partial charge in [0, 0.05) is 16.8 Å². The number of primary amides is 1. The lowest BCUT2D eigenvalue weighted by atomic mass is 9.62. The molecule has 1 fully saturated rings. The van der Waals surface area contributed by atoms with Gasteiger partial charge in [0.2, 0.25) is 5.91 Å². The molecule has 24 heavy (non-hydrogen) atoms. The summed E-state index contributed by atoms with van der Waals surface area (Å²) in [5.41, 5.74) is 6.46. The van der Waals surface area contributed by atoms with E-state index in [0.717, 1.165) is 23.3 Å². The van der Waals surface area contributed by atoms with E-state index in [0.29, 0.717) is 10.6 Å². The molecule has 3 aliphatic carbocycles. The molecule has 0 aliphatic heterocycles. The van der Waals surface area contributed by atoms with Gasteiger partial charge in [-0.3, -0.25) is 9.59 Å². The summed E-state index contributed by atoms with van der Waals surface area (Å²) >= 11 is 1.28. The highest BCUT2D eigenvalue weighted by Gasteiger charge is 2.45. The average Bonchev–Trinajstić information content (AvgIpc) is 2.81. The summed E-state index contributed by atoms with van der Waals surface area (Å²) in [5.74, 6) is -3.96. The van der Waals surface area contributed by atoms with Crippen molar-refractivity contribution in [2.24, 2.45) is 29.4 Å². The van der Waals surface area contributed by atoms with E-state index in [9.17, 15) is 19.5 Å². The number of allylic oxidation sites excluding steroid dienone is 2. The molecule has 0 unspecified atom stereocenters. The highest BCUT2D eigenvalue weighted by molar-refractivity contribution is 7.16. The molecule has 3 aliphatic rings. The summed E-state index contributed by atoms with van der Waals surface area (Å²) in [6.45, 7) is 3.62. The van der Waals surface area contributed by atoms with Gasteiger partial charge in [-0.05, 0) is 44.1 Å².